The Hall–Kier alpha value is -2.61. The topological polar surface area (TPSA) is 76.1 Å². The Kier molecular flexibility index (Phi) is 3.94. The Bertz CT molecular complexity index is 611. The molecule has 0 atom stereocenters. The van der Waals surface area contributed by atoms with Crippen molar-refractivity contribution in [2.75, 3.05) is 6.61 Å². The summed E-state index contributed by atoms with van der Waals surface area (Å²) in [5, 5.41) is 12.6. The molecule has 0 aliphatic carbocycles. The summed E-state index contributed by atoms with van der Waals surface area (Å²) in [6, 6.07) is 11.2. The summed E-state index contributed by atoms with van der Waals surface area (Å²) in [6.45, 7) is 1.96. The van der Waals surface area contributed by atoms with Crippen molar-refractivity contribution >= 4 is 5.97 Å². The molecule has 0 radical (unpaired) electrons. The van der Waals surface area contributed by atoms with Gasteiger partial charge in [0, 0.05) is 11.1 Å². The minimum atomic E-state index is -0.571. The third-order valence-electron chi connectivity index (χ3n) is 2.55. The third-order valence-corrected chi connectivity index (χ3v) is 2.55. The van der Waals surface area contributed by atoms with Crippen molar-refractivity contribution in [2.24, 2.45) is 0 Å². The van der Waals surface area contributed by atoms with Gasteiger partial charge < -0.3 is 9.26 Å². The van der Waals surface area contributed by atoms with Gasteiger partial charge in [-0.15, -0.1) is 0 Å². The van der Waals surface area contributed by atoms with Crippen LogP contribution >= 0.6 is 0 Å². The second-order valence-electron chi connectivity index (χ2n) is 3.76. The second-order valence-corrected chi connectivity index (χ2v) is 3.76. The second kappa shape index (κ2) is 5.83. The molecule has 0 unspecified atom stereocenters. The number of esters is 1. The Morgan fingerprint density at radius 2 is 2.16 bits per heavy atom. The van der Waals surface area contributed by atoms with Crippen LogP contribution in [0.2, 0.25) is 0 Å². The van der Waals surface area contributed by atoms with Crippen LogP contribution in [0.4, 0.5) is 0 Å². The average Bonchev–Trinajstić information content (AvgIpc) is 2.84. The molecule has 5 heteroatoms. The zero-order valence-electron chi connectivity index (χ0n) is 10.4. The Morgan fingerprint density at radius 1 is 1.42 bits per heavy atom. The molecule has 0 amide bonds. The summed E-state index contributed by atoms with van der Waals surface area (Å²) in [4.78, 5) is 11.7. The summed E-state index contributed by atoms with van der Waals surface area (Å²) in [5.74, 6) is -0.135. The normalized spacial score (nSPS) is 9.89. The molecule has 0 saturated carbocycles. The molecule has 0 aliphatic heterocycles. The minimum absolute atomic E-state index is 0.0435. The third kappa shape index (κ3) is 2.63. The fourth-order valence-electron chi connectivity index (χ4n) is 1.73. The number of nitrogens with zero attached hydrogens (tertiary/aromatic N) is 2. The average molecular weight is 256 g/mol. The van der Waals surface area contributed by atoms with E-state index in [0.29, 0.717) is 11.3 Å². The molecule has 2 aromatic rings. The van der Waals surface area contributed by atoms with Crippen molar-refractivity contribution in [1.82, 2.24) is 5.16 Å². The van der Waals surface area contributed by atoms with Crippen LogP contribution in [0.5, 0.6) is 0 Å². The van der Waals surface area contributed by atoms with E-state index in [2.05, 4.69) is 5.16 Å². The smallest absolute Gasteiger partial charge is 0.360 e. The predicted molar refractivity (Wildman–Crippen MR) is 67.2 cm³/mol. The summed E-state index contributed by atoms with van der Waals surface area (Å²) in [5.41, 5.74) is 1.31. The molecule has 0 spiro atoms. The number of hydrogen-bond acceptors (Lipinski definition) is 5. The van der Waals surface area contributed by atoms with Crippen LogP contribution in [0.15, 0.2) is 34.9 Å². The van der Waals surface area contributed by atoms with E-state index < -0.39 is 5.97 Å². The highest BCUT2D eigenvalue weighted by Gasteiger charge is 2.23. The van der Waals surface area contributed by atoms with Crippen molar-refractivity contribution < 1.29 is 14.1 Å². The van der Waals surface area contributed by atoms with Crippen molar-refractivity contribution in [1.29, 1.82) is 5.26 Å². The fourth-order valence-corrected chi connectivity index (χ4v) is 1.73. The van der Waals surface area contributed by atoms with E-state index in [4.69, 9.17) is 14.5 Å². The van der Waals surface area contributed by atoms with Gasteiger partial charge in [-0.25, -0.2) is 4.79 Å². The first-order valence-electron chi connectivity index (χ1n) is 5.86. The molecule has 2 rings (SSSR count). The number of hydrogen-bond donors (Lipinski definition) is 0. The summed E-state index contributed by atoms with van der Waals surface area (Å²) < 4.78 is 10.1. The van der Waals surface area contributed by atoms with Gasteiger partial charge in [0.25, 0.3) is 0 Å². The number of carbonyl (C=O) groups excluding carboxylic acids is 1. The molecule has 0 fully saturated rings. The van der Waals surface area contributed by atoms with E-state index in [1.54, 1.807) is 6.92 Å². The maximum atomic E-state index is 11.7. The van der Waals surface area contributed by atoms with E-state index in [1.165, 1.54) is 0 Å². The highest BCUT2D eigenvalue weighted by Crippen LogP contribution is 2.27. The van der Waals surface area contributed by atoms with Crippen LogP contribution in [-0.4, -0.2) is 17.7 Å². The molecular formula is C14H12N2O3. The van der Waals surface area contributed by atoms with Crippen LogP contribution in [0.3, 0.4) is 0 Å². The van der Waals surface area contributed by atoms with E-state index in [0.717, 1.165) is 5.56 Å². The number of ether oxygens (including phenoxy) is 1. The van der Waals surface area contributed by atoms with Crippen LogP contribution in [-0.2, 0) is 11.2 Å². The molecule has 1 heterocycles. The largest absolute Gasteiger partial charge is 0.461 e. The molecule has 0 N–H and O–H groups in total. The molecule has 0 bridgehead atoms. The van der Waals surface area contributed by atoms with Gasteiger partial charge in [0.1, 0.15) is 0 Å². The van der Waals surface area contributed by atoms with Crippen LogP contribution in [0.25, 0.3) is 11.3 Å². The van der Waals surface area contributed by atoms with Gasteiger partial charge in [-0.2, -0.15) is 5.26 Å². The van der Waals surface area contributed by atoms with Gasteiger partial charge in [-0.05, 0) is 6.92 Å². The highest BCUT2D eigenvalue weighted by atomic mass is 16.5. The minimum Gasteiger partial charge on any atom is -0.461 e. The van der Waals surface area contributed by atoms with Crippen molar-refractivity contribution in [3.8, 4) is 17.4 Å². The van der Waals surface area contributed by atoms with Gasteiger partial charge in [0.05, 0.1) is 19.1 Å². The van der Waals surface area contributed by atoms with Gasteiger partial charge >= 0.3 is 5.97 Å². The molecule has 1 aromatic heterocycles. The molecule has 19 heavy (non-hydrogen) atoms. The number of carbonyl (C=O) groups is 1. The van der Waals surface area contributed by atoms with Gasteiger partial charge in [0.2, 0.25) is 0 Å². The summed E-state index contributed by atoms with van der Waals surface area (Å²) in [6.07, 6.45) is 0.0435. The Morgan fingerprint density at radius 3 is 2.79 bits per heavy atom. The number of nitriles is 1. The summed E-state index contributed by atoms with van der Waals surface area (Å²) in [7, 11) is 0. The maximum Gasteiger partial charge on any atom is 0.360 e. The molecule has 5 nitrogen and oxygen atoms in total. The number of rotatable bonds is 4. The van der Waals surface area contributed by atoms with Crippen LogP contribution in [0.1, 0.15) is 23.0 Å². The van der Waals surface area contributed by atoms with E-state index >= 15 is 0 Å². The number of benzene rings is 1. The van der Waals surface area contributed by atoms with Crippen molar-refractivity contribution in [2.45, 2.75) is 13.3 Å². The first-order chi connectivity index (χ1) is 9.27. The number of aromatic nitrogens is 1. The lowest BCUT2D eigenvalue weighted by atomic mass is 10.0. The zero-order valence-corrected chi connectivity index (χ0v) is 10.4. The SMILES string of the molecule is CCOC(=O)c1noc(-c2ccccc2)c1CC#N. The monoisotopic (exact) mass is 256 g/mol. The first-order valence-corrected chi connectivity index (χ1v) is 5.86. The van der Waals surface area contributed by atoms with Gasteiger partial charge in [0.15, 0.2) is 11.5 Å². The van der Waals surface area contributed by atoms with E-state index in [-0.39, 0.29) is 18.7 Å². The Labute approximate surface area is 110 Å². The predicted octanol–water partition coefficient (Wildman–Crippen LogP) is 2.58. The highest BCUT2D eigenvalue weighted by molar-refractivity contribution is 5.90. The Balaban J connectivity index is 2.46. The van der Waals surface area contributed by atoms with Crippen LogP contribution in [0, 0.1) is 11.3 Å². The lowest BCUT2D eigenvalue weighted by Gasteiger charge is -2.00. The lowest BCUT2D eigenvalue weighted by Crippen LogP contribution is -2.07. The fraction of sp³-hybridized carbons (Fsp3) is 0.214. The van der Waals surface area contributed by atoms with Gasteiger partial charge in [-0.3, -0.25) is 0 Å². The van der Waals surface area contributed by atoms with E-state index in [1.807, 2.05) is 36.4 Å². The standard InChI is InChI=1S/C14H12N2O3/c1-2-18-14(17)12-11(8-9-15)13(19-16-12)10-6-4-3-5-7-10/h3-7H,2,8H2,1H3. The van der Waals surface area contributed by atoms with Gasteiger partial charge in [-0.1, -0.05) is 35.5 Å². The van der Waals surface area contributed by atoms with E-state index in [9.17, 15) is 4.79 Å². The van der Waals surface area contributed by atoms with Crippen molar-refractivity contribution in [3.05, 3.63) is 41.6 Å². The first kappa shape index (κ1) is 12.8. The maximum absolute atomic E-state index is 11.7. The quantitative estimate of drug-likeness (QED) is 0.786. The molecule has 96 valence electrons. The zero-order chi connectivity index (χ0) is 13.7. The molecular weight excluding hydrogens is 244 g/mol. The van der Waals surface area contributed by atoms with Crippen molar-refractivity contribution in [3.63, 3.8) is 0 Å². The summed E-state index contributed by atoms with van der Waals surface area (Å²) >= 11 is 0. The lowest BCUT2D eigenvalue weighted by molar-refractivity contribution is 0.0513. The molecule has 0 saturated heterocycles. The molecule has 0 aliphatic rings. The van der Waals surface area contributed by atoms with Crippen LogP contribution < -0.4 is 0 Å². The molecule has 1 aromatic carbocycles.